The second kappa shape index (κ2) is 5.14. The van der Waals surface area contributed by atoms with Gasteiger partial charge in [0, 0.05) is 16.8 Å². The monoisotopic (exact) mass is 321 g/mol. The van der Waals surface area contributed by atoms with Crippen molar-refractivity contribution in [2.45, 2.75) is 4.90 Å². The molecule has 9 heteroatoms. The summed E-state index contributed by atoms with van der Waals surface area (Å²) >= 11 is 0. The average molecular weight is 321 g/mol. The number of Topliss-reactive ketones (excluding diaryl/α,β-unsaturated/α-hetero) is 1. The summed E-state index contributed by atoms with van der Waals surface area (Å²) in [5.74, 6) is 4.42. The van der Waals surface area contributed by atoms with Crippen LogP contribution in [0.4, 0.5) is 0 Å². The summed E-state index contributed by atoms with van der Waals surface area (Å²) in [7, 11) is -4.45. The van der Waals surface area contributed by atoms with Crippen molar-refractivity contribution in [3.8, 4) is 0 Å². The van der Waals surface area contributed by atoms with Gasteiger partial charge in [0.15, 0.2) is 5.58 Å². The summed E-state index contributed by atoms with van der Waals surface area (Å²) in [6.07, 6.45) is 0. The van der Waals surface area contributed by atoms with Crippen LogP contribution in [0.3, 0.4) is 0 Å². The number of nitrogens with one attached hydrogen (secondary N) is 1. The summed E-state index contributed by atoms with van der Waals surface area (Å²) in [6, 6.07) is 7.63. The Hall–Kier alpha value is -2.33. The first-order chi connectivity index (χ1) is 10.4. The van der Waals surface area contributed by atoms with Crippen LogP contribution in [-0.2, 0) is 10.1 Å². The molecule has 0 bridgehead atoms. The van der Waals surface area contributed by atoms with Gasteiger partial charge in [-0.3, -0.25) is 20.6 Å². The number of benzene rings is 2. The minimum absolute atomic E-state index is 0.0895. The number of hydrogen-bond donors (Lipinski definition) is 3. The van der Waals surface area contributed by atoms with Gasteiger partial charge in [0.05, 0.1) is 6.54 Å². The molecule has 1 aromatic heterocycles. The number of hydrazine groups is 1. The average Bonchev–Trinajstić information content (AvgIpc) is 2.90. The van der Waals surface area contributed by atoms with Crippen molar-refractivity contribution in [2.24, 2.45) is 5.84 Å². The van der Waals surface area contributed by atoms with E-state index in [4.69, 9.17) is 10.3 Å². The van der Waals surface area contributed by atoms with E-state index >= 15 is 0 Å². The highest BCUT2D eigenvalue weighted by Crippen LogP contribution is 2.31. The van der Waals surface area contributed by atoms with Crippen LogP contribution in [0.1, 0.15) is 10.7 Å². The number of nitrogens with two attached hydrogens (primary N) is 1. The molecule has 4 N–H and O–H groups in total. The van der Waals surface area contributed by atoms with Crippen LogP contribution < -0.4 is 11.3 Å². The molecule has 2 aromatic carbocycles. The van der Waals surface area contributed by atoms with Crippen LogP contribution >= 0.6 is 0 Å². The van der Waals surface area contributed by atoms with Crippen molar-refractivity contribution in [3.63, 3.8) is 0 Å². The van der Waals surface area contributed by atoms with E-state index in [0.717, 1.165) is 6.07 Å². The molecule has 114 valence electrons. The van der Waals surface area contributed by atoms with E-state index in [1.165, 1.54) is 6.07 Å². The SMILES string of the molecule is NNCC(=O)c1nc2c(cc(S(=O)(=O)O)c3ccccc32)o1. The van der Waals surface area contributed by atoms with Crippen LogP contribution in [0.15, 0.2) is 39.6 Å². The Morgan fingerprint density at radius 1 is 1.32 bits per heavy atom. The van der Waals surface area contributed by atoms with Crippen molar-refractivity contribution < 1.29 is 22.2 Å². The highest BCUT2D eigenvalue weighted by molar-refractivity contribution is 7.86. The third-order valence-corrected chi connectivity index (χ3v) is 4.04. The van der Waals surface area contributed by atoms with Gasteiger partial charge >= 0.3 is 0 Å². The van der Waals surface area contributed by atoms with Crippen molar-refractivity contribution >= 4 is 37.8 Å². The highest BCUT2D eigenvalue weighted by Gasteiger charge is 2.21. The van der Waals surface area contributed by atoms with E-state index in [1.807, 2.05) is 0 Å². The molecule has 0 spiro atoms. The smallest absolute Gasteiger partial charge is 0.295 e. The minimum atomic E-state index is -4.45. The zero-order valence-corrected chi connectivity index (χ0v) is 11.9. The molecule has 0 aliphatic heterocycles. The van der Waals surface area contributed by atoms with E-state index < -0.39 is 15.9 Å². The summed E-state index contributed by atoms with van der Waals surface area (Å²) in [5.41, 5.74) is 2.62. The maximum atomic E-state index is 11.8. The molecule has 3 rings (SSSR count). The number of oxazole rings is 1. The summed E-state index contributed by atoms with van der Waals surface area (Å²) < 4.78 is 37.7. The first kappa shape index (κ1) is 14.6. The summed E-state index contributed by atoms with van der Waals surface area (Å²) in [5, 5.41) is 0.748. The van der Waals surface area contributed by atoms with Gasteiger partial charge in [-0.2, -0.15) is 8.42 Å². The molecule has 0 fully saturated rings. The summed E-state index contributed by atoms with van der Waals surface area (Å²) in [4.78, 5) is 15.6. The van der Waals surface area contributed by atoms with Crippen LogP contribution in [0.25, 0.3) is 21.9 Å². The van der Waals surface area contributed by atoms with Crippen molar-refractivity contribution in [3.05, 3.63) is 36.2 Å². The first-order valence-corrected chi connectivity index (χ1v) is 7.62. The number of ketones is 1. The molecule has 0 saturated heterocycles. The molecule has 0 amide bonds. The zero-order chi connectivity index (χ0) is 15.9. The van der Waals surface area contributed by atoms with E-state index in [9.17, 15) is 17.8 Å². The molecule has 1 heterocycles. The number of carbonyl (C=O) groups is 1. The molecule has 22 heavy (non-hydrogen) atoms. The van der Waals surface area contributed by atoms with Crippen molar-refractivity contribution in [1.29, 1.82) is 0 Å². The van der Waals surface area contributed by atoms with Gasteiger partial charge in [0.25, 0.3) is 16.0 Å². The number of nitrogens with zero attached hydrogens (tertiary/aromatic N) is 1. The molecular weight excluding hydrogens is 310 g/mol. The lowest BCUT2D eigenvalue weighted by atomic mass is 10.1. The molecule has 0 atom stereocenters. The van der Waals surface area contributed by atoms with Crippen molar-refractivity contribution in [1.82, 2.24) is 10.4 Å². The van der Waals surface area contributed by atoms with Gasteiger partial charge in [-0.25, -0.2) is 4.98 Å². The van der Waals surface area contributed by atoms with E-state index in [1.54, 1.807) is 18.2 Å². The van der Waals surface area contributed by atoms with Crippen LogP contribution in [0.2, 0.25) is 0 Å². The van der Waals surface area contributed by atoms with Crippen LogP contribution in [0.5, 0.6) is 0 Å². The minimum Gasteiger partial charge on any atom is -0.434 e. The number of fused-ring (bicyclic) bond motifs is 3. The molecule has 0 unspecified atom stereocenters. The van der Waals surface area contributed by atoms with Gasteiger partial charge in [0.2, 0.25) is 5.78 Å². The van der Waals surface area contributed by atoms with Crippen LogP contribution in [-0.4, -0.2) is 30.3 Å². The molecule has 3 aromatic rings. The third kappa shape index (κ3) is 2.35. The van der Waals surface area contributed by atoms with E-state index in [0.29, 0.717) is 16.3 Å². The van der Waals surface area contributed by atoms with Crippen LogP contribution in [0, 0.1) is 0 Å². The van der Waals surface area contributed by atoms with Gasteiger partial charge < -0.3 is 4.42 Å². The maximum absolute atomic E-state index is 11.8. The zero-order valence-electron chi connectivity index (χ0n) is 11.1. The number of rotatable bonds is 4. The Morgan fingerprint density at radius 2 is 2.00 bits per heavy atom. The maximum Gasteiger partial charge on any atom is 0.295 e. The Kier molecular flexibility index (Phi) is 3.41. The number of hydrogen-bond acceptors (Lipinski definition) is 7. The van der Waals surface area contributed by atoms with Crippen molar-refractivity contribution in [2.75, 3.05) is 6.54 Å². The lowest BCUT2D eigenvalue weighted by Crippen LogP contribution is -2.29. The fourth-order valence-corrected chi connectivity index (χ4v) is 2.94. The quantitative estimate of drug-likeness (QED) is 0.279. The molecule has 0 aliphatic rings. The molecule has 0 aliphatic carbocycles. The van der Waals surface area contributed by atoms with Gasteiger partial charge in [-0.15, -0.1) is 0 Å². The Morgan fingerprint density at radius 3 is 2.64 bits per heavy atom. The summed E-state index contributed by atoms with van der Waals surface area (Å²) in [6.45, 7) is -0.171. The molecule has 0 saturated carbocycles. The normalized spacial score (nSPS) is 12.1. The topological polar surface area (TPSA) is 136 Å². The standard InChI is InChI=1S/C13H11N3O5S/c14-15-6-9(17)13-16-12-8-4-2-1-3-7(8)11(22(18,19)20)5-10(12)21-13/h1-5,15H,6,14H2,(H,18,19,20). The Bertz CT molecular complexity index is 993. The highest BCUT2D eigenvalue weighted by atomic mass is 32.2. The van der Waals surface area contributed by atoms with E-state index in [2.05, 4.69) is 10.4 Å². The lowest BCUT2D eigenvalue weighted by Gasteiger charge is -2.03. The Labute approximate surface area is 124 Å². The largest absolute Gasteiger partial charge is 0.434 e. The van der Waals surface area contributed by atoms with Gasteiger partial charge in [0.1, 0.15) is 10.4 Å². The fraction of sp³-hybridized carbons (Fsp3) is 0.0769. The van der Waals surface area contributed by atoms with Gasteiger partial charge in [-0.05, 0) is 0 Å². The Balaban J connectivity index is 2.37. The van der Waals surface area contributed by atoms with Gasteiger partial charge in [-0.1, -0.05) is 24.3 Å². The number of carbonyl (C=O) groups excluding carboxylic acids is 1. The predicted octanol–water partition coefficient (Wildman–Crippen LogP) is 0.874. The molecule has 0 radical (unpaired) electrons. The molecule has 8 nitrogen and oxygen atoms in total. The fourth-order valence-electron chi connectivity index (χ4n) is 2.23. The predicted molar refractivity (Wildman–Crippen MR) is 77.9 cm³/mol. The molecular formula is C13H11N3O5S. The van der Waals surface area contributed by atoms with E-state index in [-0.39, 0.29) is 22.9 Å². The second-order valence-electron chi connectivity index (χ2n) is 4.57. The lowest BCUT2D eigenvalue weighted by molar-refractivity contribution is 0.0960. The first-order valence-electron chi connectivity index (χ1n) is 6.18. The second-order valence-corrected chi connectivity index (χ2v) is 5.96. The number of aromatic nitrogens is 1. The third-order valence-electron chi connectivity index (χ3n) is 3.14.